The van der Waals surface area contributed by atoms with Crippen molar-refractivity contribution in [3.8, 4) is 0 Å². The fraction of sp³-hybridized carbons (Fsp3) is 0.500. The quantitative estimate of drug-likeness (QED) is 0.752. The molecule has 9 heteroatoms. The van der Waals surface area contributed by atoms with Gasteiger partial charge in [-0.1, -0.05) is 31.9 Å². The van der Waals surface area contributed by atoms with Crippen LogP contribution >= 0.6 is 31.9 Å². The highest BCUT2D eigenvalue weighted by Gasteiger charge is 2.11. The van der Waals surface area contributed by atoms with Gasteiger partial charge in [0.1, 0.15) is 0 Å². The largest absolute Gasteiger partial charge is 0.366 e. The Morgan fingerprint density at radius 1 is 0.882 bits per heavy atom. The second-order valence-corrected chi connectivity index (χ2v) is 4.65. The highest BCUT2D eigenvalue weighted by molar-refractivity contribution is 9.09. The molecule has 0 aliphatic rings. The third-order valence-corrected chi connectivity index (χ3v) is 2.68. The maximum Gasteiger partial charge on any atom is 0.245 e. The molecule has 2 rings (SSSR count). The maximum absolute atomic E-state index is 4.58. The van der Waals surface area contributed by atoms with Crippen molar-refractivity contribution in [1.29, 1.82) is 0 Å². The van der Waals surface area contributed by atoms with Gasteiger partial charge in [0.15, 0.2) is 11.6 Å². The second-order valence-electron chi connectivity index (χ2n) is 3.06. The topological polar surface area (TPSA) is 88.8 Å². The number of fused-ring (bicyclic) bond motifs is 1. The third-order valence-electron chi connectivity index (χ3n) is 1.89. The molecule has 0 saturated carbocycles. The predicted octanol–water partition coefficient (Wildman–Crippen LogP) is 1.63. The van der Waals surface area contributed by atoms with E-state index in [1.807, 2.05) is 0 Å². The summed E-state index contributed by atoms with van der Waals surface area (Å²) in [5.74, 6) is 1.29. The molecule has 2 heterocycles. The molecule has 2 N–H and O–H groups in total. The van der Waals surface area contributed by atoms with E-state index in [0.717, 1.165) is 23.7 Å². The van der Waals surface area contributed by atoms with Crippen LogP contribution in [0.3, 0.4) is 0 Å². The summed E-state index contributed by atoms with van der Waals surface area (Å²) in [6.45, 7) is 1.49. The lowest BCUT2D eigenvalue weighted by Crippen LogP contribution is -2.12. The van der Waals surface area contributed by atoms with Crippen molar-refractivity contribution in [2.24, 2.45) is 0 Å². The Labute approximate surface area is 114 Å². The zero-order valence-electron chi connectivity index (χ0n) is 8.78. The molecule has 0 bridgehead atoms. The van der Waals surface area contributed by atoms with Gasteiger partial charge in [0.25, 0.3) is 0 Å². The SMILES string of the molecule is BrCCNc1nc2nonc2nc1NCCBr. The first-order valence-electron chi connectivity index (χ1n) is 4.95. The van der Waals surface area contributed by atoms with Crippen molar-refractivity contribution in [3.05, 3.63) is 0 Å². The third kappa shape index (κ3) is 3.03. The van der Waals surface area contributed by atoms with E-state index in [-0.39, 0.29) is 0 Å². The van der Waals surface area contributed by atoms with Gasteiger partial charge in [0.05, 0.1) is 0 Å². The summed E-state index contributed by atoms with van der Waals surface area (Å²) < 4.78 is 4.58. The minimum absolute atomic E-state index is 0.395. The molecule has 2 aromatic rings. The molecule has 0 fully saturated rings. The molecular weight excluding hydrogens is 356 g/mol. The predicted molar refractivity (Wildman–Crippen MR) is 72.0 cm³/mol. The zero-order valence-corrected chi connectivity index (χ0v) is 12.0. The minimum atomic E-state index is 0.395. The van der Waals surface area contributed by atoms with Crippen LogP contribution in [0.25, 0.3) is 11.3 Å². The summed E-state index contributed by atoms with van der Waals surface area (Å²) in [5.41, 5.74) is 0.790. The average molecular weight is 366 g/mol. The summed E-state index contributed by atoms with van der Waals surface area (Å²) in [6.07, 6.45) is 0. The summed E-state index contributed by atoms with van der Waals surface area (Å²) in [5, 5.41) is 15.3. The van der Waals surface area contributed by atoms with Crippen molar-refractivity contribution < 1.29 is 4.63 Å². The first kappa shape index (κ1) is 12.5. The molecule has 17 heavy (non-hydrogen) atoms. The second kappa shape index (κ2) is 6.10. The molecule has 2 aromatic heterocycles. The first-order valence-corrected chi connectivity index (χ1v) is 7.19. The molecule has 0 aliphatic heterocycles. The molecule has 0 radical (unpaired) electrons. The average Bonchev–Trinajstić information content (AvgIpc) is 2.80. The number of halogens is 2. The molecule has 0 unspecified atom stereocenters. The van der Waals surface area contributed by atoms with E-state index in [1.165, 1.54) is 0 Å². The van der Waals surface area contributed by atoms with Crippen LogP contribution in [0.5, 0.6) is 0 Å². The number of alkyl halides is 2. The Bertz CT molecular complexity index is 448. The van der Waals surface area contributed by atoms with Gasteiger partial charge in [-0.3, -0.25) is 0 Å². The van der Waals surface area contributed by atoms with Crippen molar-refractivity contribution in [3.63, 3.8) is 0 Å². The van der Waals surface area contributed by atoms with Crippen LogP contribution in [0, 0.1) is 0 Å². The fourth-order valence-corrected chi connectivity index (χ4v) is 1.61. The highest BCUT2D eigenvalue weighted by atomic mass is 79.9. The Kier molecular flexibility index (Phi) is 4.49. The lowest BCUT2D eigenvalue weighted by Gasteiger charge is -2.09. The van der Waals surface area contributed by atoms with Gasteiger partial charge in [0, 0.05) is 23.7 Å². The lowest BCUT2D eigenvalue weighted by atomic mass is 10.5. The highest BCUT2D eigenvalue weighted by Crippen LogP contribution is 2.19. The van der Waals surface area contributed by atoms with Gasteiger partial charge >= 0.3 is 0 Å². The molecular formula is C8H10Br2N6O. The van der Waals surface area contributed by atoms with Crippen molar-refractivity contribution in [2.75, 3.05) is 34.4 Å². The fourth-order valence-electron chi connectivity index (χ4n) is 1.22. The Morgan fingerprint density at radius 2 is 1.35 bits per heavy atom. The van der Waals surface area contributed by atoms with Crippen LogP contribution in [-0.2, 0) is 0 Å². The number of hydrogen-bond acceptors (Lipinski definition) is 7. The lowest BCUT2D eigenvalue weighted by molar-refractivity contribution is 0.314. The molecule has 0 aliphatic carbocycles. The van der Waals surface area contributed by atoms with E-state index >= 15 is 0 Å². The van der Waals surface area contributed by atoms with Crippen molar-refractivity contribution in [2.45, 2.75) is 0 Å². The summed E-state index contributed by atoms with van der Waals surface area (Å²) in [6, 6.07) is 0. The van der Waals surface area contributed by atoms with Gasteiger partial charge in [-0.25, -0.2) is 14.6 Å². The van der Waals surface area contributed by atoms with Crippen LogP contribution in [0.15, 0.2) is 4.63 Å². The normalized spacial score (nSPS) is 10.7. The van der Waals surface area contributed by atoms with Crippen LogP contribution in [0.2, 0.25) is 0 Å². The van der Waals surface area contributed by atoms with E-state index in [4.69, 9.17) is 0 Å². The van der Waals surface area contributed by atoms with Crippen molar-refractivity contribution in [1.82, 2.24) is 20.3 Å². The van der Waals surface area contributed by atoms with E-state index < -0.39 is 0 Å². The molecule has 0 aromatic carbocycles. The van der Waals surface area contributed by atoms with Crippen LogP contribution in [-0.4, -0.2) is 44.0 Å². The number of nitrogens with zero attached hydrogens (tertiary/aromatic N) is 4. The number of aromatic nitrogens is 4. The van der Waals surface area contributed by atoms with Crippen molar-refractivity contribution >= 4 is 54.8 Å². The Balaban J connectivity index is 2.29. The molecule has 0 saturated heterocycles. The van der Waals surface area contributed by atoms with Gasteiger partial charge in [0.2, 0.25) is 11.3 Å². The molecule has 0 atom stereocenters. The summed E-state index contributed by atoms with van der Waals surface area (Å²) >= 11 is 6.68. The van der Waals surface area contributed by atoms with Gasteiger partial charge in [-0.15, -0.1) is 0 Å². The number of hydrogen-bond donors (Lipinski definition) is 2. The maximum atomic E-state index is 4.58. The van der Waals surface area contributed by atoms with Gasteiger partial charge in [-0.05, 0) is 10.3 Å². The molecule has 0 amide bonds. The van der Waals surface area contributed by atoms with E-state index in [2.05, 4.69) is 67.4 Å². The van der Waals surface area contributed by atoms with E-state index in [0.29, 0.717) is 22.9 Å². The van der Waals surface area contributed by atoms with Crippen LogP contribution < -0.4 is 10.6 Å². The first-order chi connectivity index (χ1) is 8.35. The molecule has 92 valence electrons. The van der Waals surface area contributed by atoms with Crippen LogP contribution in [0.1, 0.15) is 0 Å². The van der Waals surface area contributed by atoms with Gasteiger partial charge in [-0.2, -0.15) is 0 Å². The number of anilines is 2. The summed E-state index contributed by atoms with van der Waals surface area (Å²) in [7, 11) is 0. The van der Waals surface area contributed by atoms with E-state index in [1.54, 1.807) is 0 Å². The summed E-state index contributed by atoms with van der Waals surface area (Å²) in [4.78, 5) is 8.57. The standard InChI is InChI=1S/C8H10Br2N6O/c9-1-3-11-5-6(12-4-2-10)14-8-7(13-5)15-17-16-8/h1-4H2,(H,11,13,15)(H,12,14,16). The number of rotatable bonds is 6. The molecule has 0 spiro atoms. The number of nitrogens with one attached hydrogen (secondary N) is 2. The minimum Gasteiger partial charge on any atom is -0.366 e. The zero-order chi connectivity index (χ0) is 12.1. The van der Waals surface area contributed by atoms with Gasteiger partial charge < -0.3 is 10.6 Å². The Morgan fingerprint density at radius 3 is 1.76 bits per heavy atom. The molecule has 7 nitrogen and oxygen atoms in total. The van der Waals surface area contributed by atoms with Crippen LogP contribution in [0.4, 0.5) is 11.6 Å². The Hall–Kier alpha value is -0.960. The smallest absolute Gasteiger partial charge is 0.245 e. The van der Waals surface area contributed by atoms with E-state index in [9.17, 15) is 0 Å². The monoisotopic (exact) mass is 364 g/mol.